The minimum absolute atomic E-state index is 0.173. The molecule has 1 fully saturated rings. The molecule has 0 spiro atoms. The van der Waals surface area contributed by atoms with E-state index in [1.54, 1.807) is 7.05 Å². The summed E-state index contributed by atoms with van der Waals surface area (Å²) in [5, 5.41) is 3.07. The zero-order valence-corrected chi connectivity index (χ0v) is 9.97. The molecule has 0 saturated carbocycles. The van der Waals surface area contributed by atoms with Gasteiger partial charge in [0.15, 0.2) is 0 Å². The SMILES string of the molecule is CC(C)CCS(=O)(=O)N(C)C1CNC1. The first-order valence-electron chi connectivity index (χ1n) is 5.10. The summed E-state index contributed by atoms with van der Waals surface area (Å²) in [5.74, 6) is 0.718. The molecule has 0 bridgehead atoms. The second-order valence-electron chi connectivity index (χ2n) is 4.33. The van der Waals surface area contributed by atoms with Crippen molar-refractivity contribution in [3.05, 3.63) is 0 Å². The molecule has 0 aromatic heterocycles. The van der Waals surface area contributed by atoms with Crippen LogP contribution in [0.4, 0.5) is 0 Å². The van der Waals surface area contributed by atoms with Crippen LogP contribution in [-0.4, -0.2) is 44.7 Å². The second-order valence-corrected chi connectivity index (χ2v) is 6.47. The van der Waals surface area contributed by atoms with E-state index < -0.39 is 10.0 Å². The van der Waals surface area contributed by atoms with Crippen molar-refractivity contribution < 1.29 is 8.42 Å². The molecule has 84 valence electrons. The summed E-state index contributed by atoms with van der Waals surface area (Å²) in [7, 11) is -1.34. The zero-order chi connectivity index (χ0) is 10.8. The Morgan fingerprint density at radius 3 is 2.36 bits per heavy atom. The van der Waals surface area contributed by atoms with Gasteiger partial charge < -0.3 is 5.32 Å². The van der Waals surface area contributed by atoms with Gasteiger partial charge in [-0.05, 0) is 12.3 Å². The third-order valence-corrected chi connectivity index (χ3v) is 4.59. The van der Waals surface area contributed by atoms with Gasteiger partial charge in [0, 0.05) is 26.2 Å². The van der Waals surface area contributed by atoms with Crippen LogP contribution in [-0.2, 0) is 10.0 Å². The molecule has 1 aliphatic heterocycles. The maximum Gasteiger partial charge on any atom is 0.214 e. The monoisotopic (exact) mass is 220 g/mol. The van der Waals surface area contributed by atoms with Crippen molar-refractivity contribution in [1.29, 1.82) is 0 Å². The van der Waals surface area contributed by atoms with E-state index in [9.17, 15) is 8.42 Å². The molecule has 0 aliphatic carbocycles. The standard InChI is InChI=1S/C9H20N2O2S/c1-8(2)4-5-14(12,13)11(3)9-6-10-7-9/h8-10H,4-7H2,1-3H3. The van der Waals surface area contributed by atoms with Crippen LogP contribution < -0.4 is 5.32 Å². The summed E-state index contributed by atoms with van der Waals surface area (Å²) in [4.78, 5) is 0. The lowest BCUT2D eigenvalue weighted by Gasteiger charge is -2.34. The highest BCUT2D eigenvalue weighted by Gasteiger charge is 2.29. The van der Waals surface area contributed by atoms with Crippen molar-refractivity contribution in [1.82, 2.24) is 9.62 Å². The third-order valence-electron chi connectivity index (χ3n) is 2.67. The number of hydrogen-bond donors (Lipinski definition) is 1. The number of nitrogens with one attached hydrogen (secondary N) is 1. The van der Waals surface area contributed by atoms with Crippen LogP contribution in [0.1, 0.15) is 20.3 Å². The molecule has 5 heteroatoms. The molecule has 1 N–H and O–H groups in total. The van der Waals surface area contributed by atoms with Gasteiger partial charge in [-0.3, -0.25) is 0 Å². The lowest BCUT2D eigenvalue weighted by Crippen LogP contribution is -2.57. The smallest absolute Gasteiger partial charge is 0.214 e. The van der Waals surface area contributed by atoms with Crippen molar-refractivity contribution in [2.24, 2.45) is 5.92 Å². The Bertz CT molecular complexity index is 271. The topological polar surface area (TPSA) is 49.4 Å². The van der Waals surface area contributed by atoms with E-state index in [1.807, 2.05) is 13.8 Å². The minimum atomic E-state index is -3.02. The van der Waals surface area contributed by atoms with Crippen LogP contribution in [0.25, 0.3) is 0 Å². The van der Waals surface area contributed by atoms with Crippen LogP contribution in [0.15, 0.2) is 0 Å². The van der Waals surface area contributed by atoms with Gasteiger partial charge in [-0.2, -0.15) is 4.31 Å². The maximum absolute atomic E-state index is 11.8. The summed E-state index contributed by atoms with van der Waals surface area (Å²) in [5.41, 5.74) is 0. The first-order chi connectivity index (χ1) is 6.43. The molecule has 0 radical (unpaired) electrons. The highest BCUT2D eigenvalue weighted by atomic mass is 32.2. The van der Waals surface area contributed by atoms with Gasteiger partial charge in [-0.15, -0.1) is 0 Å². The number of likely N-dealkylation sites (N-methyl/N-ethyl adjacent to an activating group) is 1. The van der Waals surface area contributed by atoms with Gasteiger partial charge in [0.25, 0.3) is 0 Å². The summed E-state index contributed by atoms with van der Waals surface area (Å²) >= 11 is 0. The van der Waals surface area contributed by atoms with Gasteiger partial charge in [0.1, 0.15) is 0 Å². The van der Waals surface area contributed by atoms with E-state index in [0.717, 1.165) is 19.5 Å². The first kappa shape index (κ1) is 11.9. The molecule has 0 unspecified atom stereocenters. The summed E-state index contributed by atoms with van der Waals surface area (Å²) in [6.07, 6.45) is 0.743. The Morgan fingerprint density at radius 2 is 2.00 bits per heavy atom. The summed E-state index contributed by atoms with van der Waals surface area (Å²) < 4.78 is 25.1. The van der Waals surface area contributed by atoms with E-state index in [4.69, 9.17) is 0 Å². The lowest BCUT2D eigenvalue weighted by atomic mass is 10.2. The predicted molar refractivity (Wildman–Crippen MR) is 57.7 cm³/mol. The van der Waals surface area contributed by atoms with E-state index >= 15 is 0 Å². The molecule has 4 nitrogen and oxygen atoms in total. The first-order valence-corrected chi connectivity index (χ1v) is 6.71. The molecule has 0 aromatic carbocycles. The van der Waals surface area contributed by atoms with Crippen LogP contribution in [0.5, 0.6) is 0 Å². The number of nitrogens with zero attached hydrogens (tertiary/aromatic N) is 1. The Kier molecular flexibility index (Phi) is 3.92. The van der Waals surface area contributed by atoms with Gasteiger partial charge >= 0.3 is 0 Å². The normalized spacial score (nSPS) is 18.9. The average Bonchev–Trinajstić information content (AvgIpc) is 1.98. The summed E-state index contributed by atoms with van der Waals surface area (Å²) in [6, 6.07) is 0.173. The second kappa shape index (κ2) is 4.59. The van der Waals surface area contributed by atoms with Crippen LogP contribution >= 0.6 is 0 Å². The number of rotatable bonds is 5. The fourth-order valence-electron chi connectivity index (χ4n) is 1.29. The summed E-state index contributed by atoms with van der Waals surface area (Å²) in [6.45, 7) is 5.66. The lowest BCUT2D eigenvalue weighted by molar-refractivity contribution is 0.273. The number of hydrogen-bond acceptors (Lipinski definition) is 3. The van der Waals surface area contributed by atoms with Crippen molar-refractivity contribution in [3.8, 4) is 0 Å². The Morgan fingerprint density at radius 1 is 1.43 bits per heavy atom. The molecule has 1 rings (SSSR count). The molecule has 0 aromatic rings. The Balaban J connectivity index is 2.46. The molecular weight excluding hydrogens is 200 g/mol. The van der Waals surface area contributed by atoms with Crippen LogP contribution in [0, 0.1) is 5.92 Å². The quantitative estimate of drug-likeness (QED) is 0.723. The molecule has 1 aliphatic rings. The highest BCUT2D eigenvalue weighted by Crippen LogP contribution is 2.11. The van der Waals surface area contributed by atoms with Crippen molar-refractivity contribution in [2.45, 2.75) is 26.3 Å². The van der Waals surface area contributed by atoms with E-state index in [1.165, 1.54) is 4.31 Å². The zero-order valence-electron chi connectivity index (χ0n) is 9.16. The Hall–Kier alpha value is -0.130. The van der Waals surface area contributed by atoms with Crippen molar-refractivity contribution in [2.75, 3.05) is 25.9 Å². The molecule has 0 amide bonds. The van der Waals surface area contributed by atoms with Crippen LogP contribution in [0.3, 0.4) is 0 Å². The molecule has 1 saturated heterocycles. The van der Waals surface area contributed by atoms with Crippen LogP contribution in [0.2, 0.25) is 0 Å². The fourth-order valence-corrected chi connectivity index (χ4v) is 2.95. The molecule has 0 atom stereocenters. The van der Waals surface area contributed by atoms with E-state index in [0.29, 0.717) is 5.92 Å². The van der Waals surface area contributed by atoms with Gasteiger partial charge in [0.2, 0.25) is 10.0 Å². The van der Waals surface area contributed by atoms with Crippen molar-refractivity contribution in [3.63, 3.8) is 0 Å². The van der Waals surface area contributed by atoms with Crippen molar-refractivity contribution >= 4 is 10.0 Å². The number of sulfonamides is 1. The molecule has 1 heterocycles. The maximum atomic E-state index is 11.8. The van der Waals surface area contributed by atoms with Gasteiger partial charge in [0.05, 0.1) is 5.75 Å². The fraction of sp³-hybridized carbons (Fsp3) is 1.00. The third kappa shape index (κ3) is 2.93. The van der Waals surface area contributed by atoms with Gasteiger partial charge in [-0.1, -0.05) is 13.8 Å². The predicted octanol–water partition coefficient (Wildman–Crippen LogP) is 0.266. The molecular formula is C9H20N2O2S. The van der Waals surface area contributed by atoms with Gasteiger partial charge in [-0.25, -0.2) is 8.42 Å². The molecule has 14 heavy (non-hydrogen) atoms. The average molecular weight is 220 g/mol. The minimum Gasteiger partial charge on any atom is -0.313 e. The van der Waals surface area contributed by atoms with E-state index in [2.05, 4.69) is 5.32 Å². The van der Waals surface area contributed by atoms with E-state index in [-0.39, 0.29) is 11.8 Å². The largest absolute Gasteiger partial charge is 0.313 e. The Labute approximate surface area is 86.7 Å². The highest BCUT2D eigenvalue weighted by molar-refractivity contribution is 7.89.